The van der Waals surface area contributed by atoms with Crippen molar-refractivity contribution in [3.05, 3.63) is 83.3 Å². The molecule has 162 valence electrons. The molecule has 0 amide bonds. The molecule has 3 N–H and O–H groups in total. The molecule has 2 heterocycles. The molecular weight excluding hydrogens is 425 g/mol. The number of carboxylic acids is 1. The number of carbonyl (C=O) groups is 1. The predicted octanol–water partition coefficient (Wildman–Crippen LogP) is 4.92. The third-order valence-electron chi connectivity index (χ3n) is 6.15. The molecule has 0 radical (unpaired) electrons. The van der Waals surface area contributed by atoms with Crippen LogP contribution >= 0.6 is 11.3 Å². The molecule has 1 fully saturated rings. The summed E-state index contributed by atoms with van der Waals surface area (Å²) in [5.74, 6) is -1.43. The Morgan fingerprint density at radius 2 is 1.91 bits per heavy atom. The zero-order chi connectivity index (χ0) is 22.3. The Hall–Kier alpha value is -3.16. The fourth-order valence-electron chi connectivity index (χ4n) is 4.11. The lowest BCUT2D eigenvalue weighted by Gasteiger charge is -2.14. The summed E-state index contributed by atoms with van der Waals surface area (Å²) in [4.78, 5) is 21.2. The molecule has 2 aromatic heterocycles. The number of aliphatic carboxylic acids is 1. The van der Waals surface area contributed by atoms with Gasteiger partial charge in [-0.3, -0.25) is 4.79 Å². The van der Waals surface area contributed by atoms with Crippen LogP contribution in [0.1, 0.15) is 36.1 Å². The van der Waals surface area contributed by atoms with Crippen LogP contribution in [-0.4, -0.2) is 27.1 Å². The monoisotopic (exact) mass is 447 g/mol. The van der Waals surface area contributed by atoms with E-state index < -0.39 is 12.0 Å². The third-order valence-corrected chi connectivity index (χ3v) is 7.15. The van der Waals surface area contributed by atoms with Crippen LogP contribution in [0, 0.1) is 5.82 Å². The summed E-state index contributed by atoms with van der Waals surface area (Å²) in [6, 6.07) is 18.4. The van der Waals surface area contributed by atoms with Crippen molar-refractivity contribution < 1.29 is 14.3 Å². The van der Waals surface area contributed by atoms with Gasteiger partial charge in [-0.2, -0.15) is 0 Å². The van der Waals surface area contributed by atoms with Crippen molar-refractivity contribution in [1.29, 1.82) is 0 Å². The van der Waals surface area contributed by atoms with Gasteiger partial charge in [0, 0.05) is 11.0 Å². The molecule has 1 aliphatic rings. The van der Waals surface area contributed by atoms with Gasteiger partial charge in [0.15, 0.2) is 0 Å². The number of halogens is 1. The average molecular weight is 448 g/mol. The van der Waals surface area contributed by atoms with Gasteiger partial charge in [-0.25, -0.2) is 14.4 Å². The molecule has 1 unspecified atom stereocenters. The second-order valence-corrected chi connectivity index (χ2v) is 9.26. The number of aromatic nitrogens is 2. The maximum Gasteiger partial charge on any atom is 0.320 e. The van der Waals surface area contributed by atoms with Gasteiger partial charge < -0.3 is 10.8 Å². The van der Waals surface area contributed by atoms with Crippen LogP contribution in [0.15, 0.2) is 60.7 Å². The maximum absolute atomic E-state index is 14.8. The number of fused-ring (bicyclic) bond motifs is 1. The van der Waals surface area contributed by atoms with E-state index >= 15 is 0 Å². The first-order valence-corrected chi connectivity index (χ1v) is 11.4. The molecule has 0 aliphatic heterocycles. The van der Waals surface area contributed by atoms with E-state index in [-0.39, 0.29) is 17.7 Å². The normalized spacial score (nSPS) is 15.6. The van der Waals surface area contributed by atoms with Crippen molar-refractivity contribution in [3.63, 3.8) is 0 Å². The van der Waals surface area contributed by atoms with E-state index in [1.165, 1.54) is 23.0 Å². The molecule has 0 bridgehead atoms. The number of rotatable bonds is 7. The minimum absolute atomic E-state index is 0.0245. The second-order valence-electron chi connectivity index (χ2n) is 8.29. The first-order valence-electron chi connectivity index (χ1n) is 10.6. The highest BCUT2D eigenvalue weighted by Crippen LogP contribution is 2.53. The van der Waals surface area contributed by atoms with Crippen LogP contribution in [0.5, 0.6) is 0 Å². The van der Waals surface area contributed by atoms with Crippen molar-refractivity contribution in [3.8, 4) is 10.6 Å². The Labute approximate surface area is 188 Å². The summed E-state index contributed by atoms with van der Waals surface area (Å²) in [5.41, 5.74) is 9.73. The Bertz CT molecular complexity index is 1300. The summed E-state index contributed by atoms with van der Waals surface area (Å²) in [7, 11) is 0. The van der Waals surface area contributed by atoms with Crippen LogP contribution < -0.4 is 5.73 Å². The molecule has 5 nitrogen and oxygen atoms in total. The number of nitrogens with zero attached hydrogens (tertiary/aromatic N) is 2. The molecular formula is C25H22FN3O2S. The SMILES string of the molecule is NC(CCc1ccc(-c2nc3ccc(C4(c5ccccc5)CC4)nc3s2)c(F)c1)C(=O)O. The van der Waals surface area contributed by atoms with E-state index in [4.69, 9.17) is 15.8 Å². The van der Waals surface area contributed by atoms with E-state index in [1.807, 2.05) is 18.2 Å². The topological polar surface area (TPSA) is 89.1 Å². The van der Waals surface area contributed by atoms with Crippen molar-refractivity contribution in [2.75, 3.05) is 0 Å². The standard InChI is InChI=1S/C25H22FN3O2S/c26-18-14-15(7-9-19(27)24(30)31)6-8-17(18)22-28-20-10-11-21(29-23(20)32-22)25(12-13-25)16-4-2-1-3-5-16/h1-6,8,10-11,14,19H,7,9,12-13,27H2,(H,30,31). The van der Waals surface area contributed by atoms with Crippen LogP contribution in [0.2, 0.25) is 0 Å². The largest absolute Gasteiger partial charge is 0.480 e. The highest BCUT2D eigenvalue weighted by molar-refractivity contribution is 7.21. The number of hydrogen-bond donors (Lipinski definition) is 2. The molecule has 7 heteroatoms. The van der Waals surface area contributed by atoms with Gasteiger partial charge in [-0.05, 0) is 61.1 Å². The highest BCUT2D eigenvalue weighted by Gasteiger charge is 2.47. The lowest BCUT2D eigenvalue weighted by molar-refractivity contribution is -0.138. The summed E-state index contributed by atoms with van der Waals surface area (Å²) < 4.78 is 14.8. The quantitative estimate of drug-likeness (QED) is 0.420. The van der Waals surface area contributed by atoms with E-state index in [9.17, 15) is 9.18 Å². The lowest BCUT2D eigenvalue weighted by atomic mass is 9.92. The molecule has 1 saturated carbocycles. The van der Waals surface area contributed by atoms with Gasteiger partial charge >= 0.3 is 5.97 Å². The van der Waals surface area contributed by atoms with Crippen molar-refractivity contribution in [2.45, 2.75) is 37.1 Å². The van der Waals surface area contributed by atoms with Gasteiger partial charge in [0.2, 0.25) is 0 Å². The van der Waals surface area contributed by atoms with E-state index in [1.54, 1.807) is 12.1 Å². The van der Waals surface area contributed by atoms with Crippen molar-refractivity contribution in [2.24, 2.45) is 5.73 Å². The highest BCUT2D eigenvalue weighted by atomic mass is 32.1. The van der Waals surface area contributed by atoms with Gasteiger partial charge in [0.25, 0.3) is 0 Å². The zero-order valence-corrected chi connectivity index (χ0v) is 18.1. The fraction of sp³-hybridized carbons (Fsp3) is 0.240. The molecule has 0 saturated heterocycles. The lowest BCUT2D eigenvalue weighted by Crippen LogP contribution is -2.30. The molecule has 1 atom stereocenters. The van der Waals surface area contributed by atoms with Gasteiger partial charge in [-0.15, -0.1) is 0 Å². The van der Waals surface area contributed by atoms with Gasteiger partial charge in [-0.1, -0.05) is 47.7 Å². The number of carboxylic acid groups (broad SMARTS) is 1. The molecule has 1 aliphatic carbocycles. The summed E-state index contributed by atoms with van der Waals surface area (Å²) in [6.07, 6.45) is 2.80. The van der Waals surface area contributed by atoms with Crippen molar-refractivity contribution in [1.82, 2.24) is 9.97 Å². The fourth-order valence-corrected chi connectivity index (χ4v) is 5.07. The predicted molar refractivity (Wildman–Crippen MR) is 123 cm³/mol. The zero-order valence-electron chi connectivity index (χ0n) is 17.3. The Balaban J connectivity index is 1.42. The number of pyridine rings is 1. The molecule has 4 aromatic rings. The van der Waals surface area contributed by atoms with Gasteiger partial charge in [0.05, 0.1) is 5.69 Å². The molecule has 2 aromatic carbocycles. The summed E-state index contributed by atoms with van der Waals surface area (Å²) in [5, 5.41) is 9.49. The number of aryl methyl sites for hydroxylation is 1. The number of hydrogen-bond acceptors (Lipinski definition) is 5. The van der Waals surface area contributed by atoms with E-state index in [0.29, 0.717) is 22.6 Å². The molecule has 0 spiro atoms. The van der Waals surface area contributed by atoms with Crippen LogP contribution in [0.3, 0.4) is 0 Å². The smallest absolute Gasteiger partial charge is 0.320 e. The maximum atomic E-state index is 14.8. The first-order chi connectivity index (χ1) is 15.5. The van der Waals surface area contributed by atoms with Crippen LogP contribution in [0.4, 0.5) is 4.39 Å². The number of thiazole rings is 1. The first kappa shape index (κ1) is 20.7. The Kier molecular flexibility index (Phi) is 5.23. The summed E-state index contributed by atoms with van der Waals surface area (Å²) >= 11 is 1.39. The molecule has 5 rings (SSSR count). The van der Waals surface area contributed by atoms with E-state index in [2.05, 4.69) is 29.2 Å². The minimum Gasteiger partial charge on any atom is -0.480 e. The van der Waals surface area contributed by atoms with Gasteiger partial charge in [0.1, 0.15) is 27.2 Å². The minimum atomic E-state index is -1.05. The Morgan fingerprint density at radius 3 is 2.59 bits per heavy atom. The summed E-state index contributed by atoms with van der Waals surface area (Å²) in [6.45, 7) is 0. The number of benzene rings is 2. The third kappa shape index (κ3) is 3.78. The number of nitrogens with two attached hydrogens (primary N) is 1. The molecule has 32 heavy (non-hydrogen) atoms. The van der Waals surface area contributed by atoms with Crippen LogP contribution in [0.25, 0.3) is 20.9 Å². The average Bonchev–Trinajstić information content (AvgIpc) is 3.51. The second kappa shape index (κ2) is 8.07. The van der Waals surface area contributed by atoms with E-state index in [0.717, 1.165) is 28.9 Å². The Morgan fingerprint density at radius 1 is 1.12 bits per heavy atom. The van der Waals surface area contributed by atoms with Crippen molar-refractivity contribution >= 4 is 27.7 Å². The van der Waals surface area contributed by atoms with Crippen LogP contribution in [-0.2, 0) is 16.6 Å².